The van der Waals surface area contributed by atoms with Crippen LogP contribution in [0.15, 0.2) is 0 Å². The molecule has 1 amide bonds. The van der Waals surface area contributed by atoms with Gasteiger partial charge in [-0.15, -0.1) is 0 Å². The molecule has 1 aliphatic rings. The molecule has 1 heterocycles. The van der Waals surface area contributed by atoms with E-state index in [9.17, 15) is 28.8 Å². The number of esters is 5. The Bertz CT molecular complexity index is 1350. The summed E-state index contributed by atoms with van der Waals surface area (Å²) in [6, 6.07) is -1.04. The van der Waals surface area contributed by atoms with Crippen molar-refractivity contribution in [3.8, 4) is 0 Å². The highest BCUT2D eigenvalue weighted by molar-refractivity contribution is 5.73. The van der Waals surface area contributed by atoms with Crippen molar-refractivity contribution in [3.63, 3.8) is 0 Å². The van der Waals surface area contributed by atoms with Gasteiger partial charge in [-0.3, -0.25) is 28.9 Å². The van der Waals surface area contributed by atoms with Crippen LogP contribution in [-0.4, -0.2) is 131 Å². The summed E-state index contributed by atoms with van der Waals surface area (Å²) in [5.41, 5.74) is 0. The number of amides is 1. The van der Waals surface area contributed by atoms with Crippen LogP contribution in [-0.2, 0) is 57.1 Å². The molecule has 3 atom stereocenters. The zero-order chi connectivity index (χ0) is 52.2. The molecule has 0 aromatic carbocycles. The Kier molecular flexibility index (Phi) is 41.7. The molecule has 1 unspecified atom stereocenters. The number of carbonyl (C=O) groups is 6. The van der Waals surface area contributed by atoms with Crippen LogP contribution in [0.2, 0.25) is 0 Å². The lowest BCUT2D eigenvalue weighted by atomic mass is 9.94. The predicted molar refractivity (Wildman–Crippen MR) is 278 cm³/mol. The maximum atomic E-state index is 13.4. The number of hydrogen-bond acceptors (Lipinski definition) is 14. The van der Waals surface area contributed by atoms with Crippen molar-refractivity contribution in [2.24, 2.45) is 11.8 Å². The van der Waals surface area contributed by atoms with Crippen LogP contribution in [0, 0.1) is 11.8 Å². The van der Waals surface area contributed by atoms with Crippen LogP contribution in [0.3, 0.4) is 0 Å². The molecule has 1 saturated heterocycles. The van der Waals surface area contributed by atoms with Crippen molar-refractivity contribution < 1.29 is 61.9 Å². The van der Waals surface area contributed by atoms with Gasteiger partial charge in [-0.05, 0) is 46.2 Å². The summed E-state index contributed by atoms with van der Waals surface area (Å²) in [5.74, 6) is -3.07. The first kappa shape index (κ1) is 65.6. The standard InChI is InChI=1S/C56H102N2O13/c1-7-11-15-19-23-27-31-36-65-41-47(42-67-51(59)32-28-24-20-16-12-8-2)38-54(62)70-45-49-40-50(58(49)56(64)66-37-35-57(5)6)46-71-55(63)39-48(43-68-52(60)33-29-25-21-17-13-9-3)44-69-53(61)34-30-26-22-18-14-10-4/h47-50H,7-46H2,1-6H3/t47?,49-,50-/m1/s1. The Morgan fingerprint density at radius 1 is 0.423 bits per heavy atom. The van der Waals surface area contributed by atoms with E-state index >= 15 is 0 Å². The molecule has 0 aliphatic carbocycles. The normalized spacial score (nSPS) is 14.8. The number of nitrogens with zero attached hydrogens (tertiary/aromatic N) is 2. The van der Waals surface area contributed by atoms with Crippen molar-refractivity contribution in [3.05, 3.63) is 0 Å². The molecule has 0 bridgehead atoms. The SMILES string of the molecule is CCCCCCCCCOCC(COC(=O)CCCCCCCC)CC(=O)OC[C@H]1C[C@H](COC(=O)CC(COC(=O)CCCCCCCC)COC(=O)CCCCCCCC)N1C(=O)OCCN(C)C. The van der Waals surface area contributed by atoms with Gasteiger partial charge >= 0.3 is 35.9 Å². The molecule has 0 aromatic rings. The van der Waals surface area contributed by atoms with Crippen LogP contribution in [0.5, 0.6) is 0 Å². The van der Waals surface area contributed by atoms with Crippen LogP contribution in [0.1, 0.15) is 227 Å². The zero-order valence-electron chi connectivity index (χ0n) is 45.8. The minimum atomic E-state index is -0.610. The summed E-state index contributed by atoms with van der Waals surface area (Å²) in [6.45, 7) is 9.78. The second-order valence-corrected chi connectivity index (χ2v) is 20.2. The van der Waals surface area contributed by atoms with Crippen LogP contribution >= 0.6 is 0 Å². The van der Waals surface area contributed by atoms with E-state index < -0.39 is 42.0 Å². The topological polar surface area (TPSA) is 174 Å². The molecule has 1 fully saturated rings. The van der Waals surface area contributed by atoms with Gasteiger partial charge in [0.15, 0.2) is 0 Å². The van der Waals surface area contributed by atoms with Crippen LogP contribution in [0.25, 0.3) is 0 Å². The fraction of sp³-hybridized carbons (Fsp3) is 0.893. The van der Waals surface area contributed by atoms with Gasteiger partial charge in [0.1, 0.15) is 19.8 Å². The third-order valence-electron chi connectivity index (χ3n) is 13.0. The van der Waals surface area contributed by atoms with Gasteiger partial charge in [-0.1, -0.05) is 163 Å². The predicted octanol–water partition coefficient (Wildman–Crippen LogP) is 11.9. The summed E-state index contributed by atoms with van der Waals surface area (Å²) in [6.07, 6.45) is 27.4. The Morgan fingerprint density at radius 2 is 0.775 bits per heavy atom. The van der Waals surface area contributed by atoms with E-state index in [0.29, 0.717) is 26.0 Å². The van der Waals surface area contributed by atoms with E-state index in [-0.39, 0.29) is 89.8 Å². The van der Waals surface area contributed by atoms with Crippen molar-refractivity contribution in [1.29, 1.82) is 0 Å². The number of ether oxygens (including phenoxy) is 7. The second-order valence-electron chi connectivity index (χ2n) is 20.2. The van der Waals surface area contributed by atoms with Crippen molar-refractivity contribution in [2.75, 3.05) is 73.5 Å². The zero-order valence-corrected chi connectivity index (χ0v) is 45.8. The molecule has 0 radical (unpaired) electrons. The minimum Gasteiger partial charge on any atom is -0.465 e. The number of hydrogen-bond donors (Lipinski definition) is 0. The van der Waals surface area contributed by atoms with Gasteiger partial charge in [0.2, 0.25) is 0 Å². The summed E-state index contributed by atoms with van der Waals surface area (Å²) in [7, 11) is 3.74. The van der Waals surface area contributed by atoms with Crippen LogP contribution in [0.4, 0.5) is 4.79 Å². The summed E-state index contributed by atoms with van der Waals surface area (Å²) >= 11 is 0. The fourth-order valence-corrected chi connectivity index (χ4v) is 8.39. The molecule has 71 heavy (non-hydrogen) atoms. The Morgan fingerprint density at radius 3 is 1.15 bits per heavy atom. The van der Waals surface area contributed by atoms with E-state index in [1.54, 1.807) is 0 Å². The molecule has 15 heteroatoms. The molecule has 0 N–H and O–H groups in total. The lowest BCUT2D eigenvalue weighted by Crippen LogP contribution is -2.62. The first-order chi connectivity index (χ1) is 34.4. The number of likely N-dealkylation sites (N-methyl/N-ethyl adjacent to an activating group) is 1. The Balaban J connectivity index is 2.88. The van der Waals surface area contributed by atoms with E-state index in [1.165, 1.54) is 56.3 Å². The number of carbonyl (C=O) groups excluding carboxylic acids is 6. The van der Waals surface area contributed by atoms with Gasteiger partial charge in [-0.2, -0.15) is 0 Å². The molecule has 15 nitrogen and oxygen atoms in total. The molecule has 0 saturated carbocycles. The average molecular weight is 1010 g/mol. The van der Waals surface area contributed by atoms with E-state index in [4.69, 9.17) is 33.2 Å². The van der Waals surface area contributed by atoms with Gasteiger partial charge in [0.25, 0.3) is 0 Å². The number of unbranched alkanes of at least 4 members (excludes halogenated alkanes) is 21. The molecular formula is C56H102N2O13. The van der Waals surface area contributed by atoms with E-state index in [0.717, 1.165) is 109 Å². The van der Waals surface area contributed by atoms with Crippen molar-refractivity contribution in [2.45, 2.75) is 239 Å². The van der Waals surface area contributed by atoms with Gasteiger partial charge in [0.05, 0.1) is 51.4 Å². The average Bonchev–Trinajstić information content (AvgIpc) is 3.33. The summed E-state index contributed by atoms with van der Waals surface area (Å²) in [5, 5.41) is 0. The third-order valence-corrected chi connectivity index (χ3v) is 13.0. The second kappa shape index (κ2) is 45.2. The van der Waals surface area contributed by atoms with E-state index in [2.05, 4.69) is 27.7 Å². The first-order valence-corrected chi connectivity index (χ1v) is 28.4. The van der Waals surface area contributed by atoms with E-state index in [1.807, 2.05) is 19.0 Å². The Labute approximate surface area is 430 Å². The lowest BCUT2D eigenvalue weighted by molar-refractivity contribution is -0.158. The van der Waals surface area contributed by atoms with Gasteiger partial charge in [-0.25, -0.2) is 4.79 Å². The smallest absolute Gasteiger partial charge is 0.410 e. The molecule has 414 valence electrons. The maximum Gasteiger partial charge on any atom is 0.410 e. The van der Waals surface area contributed by atoms with Crippen molar-refractivity contribution in [1.82, 2.24) is 9.80 Å². The van der Waals surface area contributed by atoms with Gasteiger partial charge in [0, 0.05) is 44.2 Å². The molecular weight excluding hydrogens is 909 g/mol. The fourth-order valence-electron chi connectivity index (χ4n) is 8.39. The lowest BCUT2D eigenvalue weighted by Gasteiger charge is -2.46. The monoisotopic (exact) mass is 1010 g/mol. The van der Waals surface area contributed by atoms with Gasteiger partial charge < -0.3 is 38.1 Å². The quantitative estimate of drug-likeness (QED) is 0.0320. The molecule has 0 aromatic heterocycles. The van der Waals surface area contributed by atoms with Crippen molar-refractivity contribution >= 4 is 35.9 Å². The number of rotatable bonds is 48. The highest BCUT2D eigenvalue weighted by Gasteiger charge is 2.44. The highest BCUT2D eigenvalue weighted by Crippen LogP contribution is 2.28. The first-order valence-electron chi connectivity index (χ1n) is 28.4. The minimum absolute atomic E-state index is 0.0216. The molecule has 0 spiro atoms. The largest absolute Gasteiger partial charge is 0.465 e. The van der Waals surface area contributed by atoms with Crippen LogP contribution < -0.4 is 0 Å². The molecule has 1 aliphatic heterocycles. The molecule has 1 rings (SSSR count). The maximum absolute atomic E-state index is 13.4. The number of likely N-dealkylation sites (tertiary alicyclic amines) is 1. The third kappa shape index (κ3) is 37.0. The highest BCUT2D eigenvalue weighted by atomic mass is 16.6. The Hall–Kier alpha value is -3.46. The summed E-state index contributed by atoms with van der Waals surface area (Å²) in [4.78, 5) is 81.3. The summed E-state index contributed by atoms with van der Waals surface area (Å²) < 4.78 is 39.8.